The maximum atomic E-state index is 13.8. The van der Waals surface area contributed by atoms with E-state index in [4.69, 9.17) is 0 Å². The molecule has 2 rings (SSSR count). The van der Waals surface area contributed by atoms with Crippen molar-refractivity contribution in [2.45, 2.75) is 19.9 Å². The van der Waals surface area contributed by atoms with Crippen LogP contribution in [0.25, 0.3) is 5.69 Å². The number of carbonyl (C=O) groups excluding carboxylic acids is 1. The molecule has 1 aromatic heterocycles. The maximum absolute atomic E-state index is 13.8. The zero-order valence-corrected chi connectivity index (χ0v) is 11.6. The molecular formula is C14H16FN3O2. The third-order valence-corrected chi connectivity index (χ3v) is 3.02. The van der Waals surface area contributed by atoms with Crippen molar-refractivity contribution in [1.82, 2.24) is 9.78 Å². The molecule has 20 heavy (non-hydrogen) atoms. The van der Waals surface area contributed by atoms with Crippen LogP contribution in [-0.4, -0.2) is 28.9 Å². The van der Waals surface area contributed by atoms with Crippen molar-refractivity contribution in [3.63, 3.8) is 0 Å². The molecule has 0 saturated heterocycles. The second-order valence-electron chi connectivity index (χ2n) is 4.40. The second-order valence-corrected chi connectivity index (χ2v) is 4.40. The Morgan fingerprint density at radius 2 is 2.15 bits per heavy atom. The Kier molecular flexibility index (Phi) is 4.02. The van der Waals surface area contributed by atoms with Crippen molar-refractivity contribution in [2.24, 2.45) is 0 Å². The average Bonchev–Trinajstić information content (AvgIpc) is 2.80. The number of para-hydroxylation sites is 1. The third-order valence-electron chi connectivity index (χ3n) is 3.02. The number of nitrogens with zero attached hydrogens (tertiary/aromatic N) is 2. The monoisotopic (exact) mass is 277 g/mol. The van der Waals surface area contributed by atoms with Gasteiger partial charge in [-0.2, -0.15) is 5.10 Å². The fourth-order valence-corrected chi connectivity index (χ4v) is 1.89. The molecule has 1 aromatic carbocycles. The number of halogens is 1. The normalized spacial score (nSPS) is 12.0. The van der Waals surface area contributed by atoms with Crippen LogP contribution in [0.1, 0.15) is 12.6 Å². The minimum Gasteiger partial charge on any atom is -0.467 e. The van der Waals surface area contributed by atoms with Gasteiger partial charge in [-0.25, -0.2) is 13.9 Å². The lowest BCUT2D eigenvalue weighted by molar-refractivity contribution is -0.141. The van der Waals surface area contributed by atoms with Crippen LogP contribution >= 0.6 is 0 Å². The molecule has 0 saturated carbocycles. The van der Waals surface area contributed by atoms with E-state index in [-0.39, 0.29) is 11.8 Å². The molecule has 0 amide bonds. The quantitative estimate of drug-likeness (QED) is 0.871. The van der Waals surface area contributed by atoms with Crippen molar-refractivity contribution in [3.05, 3.63) is 42.0 Å². The average molecular weight is 277 g/mol. The molecule has 1 atom stereocenters. The van der Waals surface area contributed by atoms with Crippen LogP contribution < -0.4 is 5.32 Å². The molecule has 0 aliphatic rings. The van der Waals surface area contributed by atoms with Crippen LogP contribution in [0.2, 0.25) is 0 Å². The van der Waals surface area contributed by atoms with E-state index in [1.807, 2.05) is 0 Å². The molecule has 106 valence electrons. The van der Waals surface area contributed by atoms with E-state index in [1.165, 1.54) is 17.9 Å². The summed E-state index contributed by atoms with van der Waals surface area (Å²) < 4.78 is 19.9. The number of esters is 1. The van der Waals surface area contributed by atoms with E-state index in [2.05, 4.69) is 15.2 Å². The number of methoxy groups -OCH3 is 1. The summed E-state index contributed by atoms with van der Waals surface area (Å²) in [5, 5.41) is 7.14. The Morgan fingerprint density at radius 1 is 1.45 bits per heavy atom. The number of aromatic nitrogens is 2. The first-order valence-corrected chi connectivity index (χ1v) is 6.18. The highest BCUT2D eigenvalue weighted by atomic mass is 19.1. The molecule has 0 bridgehead atoms. The third kappa shape index (κ3) is 2.64. The number of hydrogen-bond acceptors (Lipinski definition) is 4. The molecule has 0 fully saturated rings. The van der Waals surface area contributed by atoms with Crippen LogP contribution in [0.4, 0.5) is 10.1 Å². The summed E-state index contributed by atoms with van der Waals surface area (Å²) in [6.45, 7) is 3.48. The van der Waals surface area contributed by atoms with Crippen molar-refractivity contribution in [2.75, 3.05) is 12.4 Å². The Hall–Kier alpha value is -2.37. The summed E-state index contributed by atoms with van der Waals surface area (Å²) in [4.78, 5) is 11.4. The van der Waals surface area contributed by atoms with Gasteiger partial charge in [0.05, 0.1) is 24.7 Å². The summed E-state index contributed by atoms with van der Waals surface area (Å²) in [6, 6.07) is 5.88. The fraction of sp³-hybridized carbons (Fsp3) is 0.286. The van der Waals surface area contributed by atoms with Crippen LogP contribution in [-0.2, 0) is 9.53 Å². The molecule has 0 spiro atoms. The summed E-state index contributed by atoms with van der Waals surface area (Å²) in [7, 11) is 1.33. The lowest BCUT2D eigenvalue weighted by Gasteiger charge is -2.12. The Balaban J connectivity index is 2.28. The Bertz CT molecular complexity index is 625. The highest BCUT2D eigenvalue weighted by molar-refractivity contribution is 5.78. The van der Waals surface area contributed by atoms with Gasteiger partial charge in [-0.3, -0.25) is 0 Å². The number of anilines is 1. The van der Waals surface area contributed by atoms with Crippen molar-refractivity contribution in [1.29, 1.82) is 0 Å². The Labute approximate surface area is 116 Å². The van der Waals surface area contributed by atoms with Gasteiger partial charge < -0.3 is 10.1 Å². The van der Waals surface area contributed by atoms with Crippen LogP contribution in [0, 0.1) is 12.7 Å². The summed E-state index contributed by atoms with van der Waals surface area (Å²) in [5.74, 6) is -0.727. The van der Waals surface area contributed by atoms with Gasteiger partial charge in [0.15, 0.2) is 0 Å². The number of nitrogens with one attached hydrogen (secondary N) is 1. The van der Waals surface area contributed by atoms with E-state index in [9.17, 15) is 9.18 Å². The summed E-state index contributed by atoms with van der Waals surface area (Å²) in [5.41, 5.74) is 1.74. The molecule has 0 aliphatic carbocycles. The van der Waals surface area contributed by atoms with Gasteiger partial charge >= 0.3 is 5.97 Å². The van der Waals surface area contributed by atoms with E-state index >= 15 is 0 Å². The van der Waals surface area contributed by atoms with E-state index in [0.717, 1.165) is 0 Å². The van der Waals surface area contributed by atoms with Gasteiger partial charge in [-0.05, 0) is 26.0 Å². The van der Waals surface area contributed by atoms with Gasteiger partial charge in [-0.1, -0.05) is 12.1 Å². The fourth-order valence-electron chi connectivity index (χ4n) is 1.89. The molecule has 1 heterocycles. The second kappa shape index (κ2) is 5.73. The number of ether oxygens (including phenoxy) is 1. The minimum absolute atomic E-state index is 0.355. The first kappa shape index (κ1) is 14.0. The SMILES string of the molecule is COC(=O)C(C)Nc1cnn(-c2ccccc2F)c1C. The molecule has 5 nitrogen and oxygen atoms in total. The molecule has 6 heteroatoms. The lowest BCUT2D eigenvalue weighted by Crippen LogP contribution is -2.27. The van der Waals surface area contributed by atoms with E-state index in [1.54, 1.807) is 38.2 Å². The van der Waals surface area contributed by atoms with Crippen molar-refractivity contribution < 1.29 is 13.9 Å². The van der Waals surface area contributed by atoms with E-state index in [0.29, 0.717) is 17.1 Å². The Morgan fingerprint density at radius 3 is 2.80 bits per heavy atom. The van der Waals surface area contributed by atoms with Crippen molar-refractivity contribution >= 4 is 11.7 Å². The predicted molar refractivity (Wildman–Crippen MR) is 73.4 cm³/mol. The predicted octanol–water partition coefficient (Wildman–Crippen LogP) is 2.29. The maximum Gasteiger partial charge on any atom is 0.327 e. The van der Waals surface area contributed by atoms with Gasteiger partial charge in [0.25, 0.3) is 0 Å². The number of carbonyl (C=O) groups is 1. The smallest absolute Gasteiger partial charge is 0.327 e. The topological polar surface area (TPSA) is 56.1 Å². The number of benzene rings is 1. The van der Waals surface area contributed by atoms with Gasteiger partial charge in [-0.15, -0.1) is 0 Å². The van der Waals surface area contributed by atoms with Crippen molar-refractivity contribution in [3.8, 4) is 5.69 Å². The standard InChI is InChI=1S/C14H16FN3O2/c1-9(14(19)20-3)17-12-8-16-18(10(12)2)13-7-5-4-6-11(13)15/h4-9,17H,1-3H3. The number of hydrogen-bond donors (Lipinski definition) is 1. The van der Waals surface area contributed by atoms with Gasteiger partial charge in [0, 0.05) is 0 Å². The number of rotatable bonds is 4. The zero-order chi connectivity index (χ0) is 14.7. The minimum atomic E-state index is -0.503. The molecule has 2 aromatic rings. The molecule has 1 unspecified atom stereocenters. The summed E-state index contributed by atoms with van der Waals surface area (Å²) in [6.07, 6.45) is 1.56. The van der Waals surface area contributed by atoms with Crippen LogP contribution in [0.5, 0.6) is 0 Å². The first-order valence-electron chi connectivity index (χ1n) is 6.18. The summed E-state index contributed by atoms with van der Waals surface area (Å²) >= 11 is 0. The largest absolute Gasteiger partial charge is 0.467 e. The van der Waals surface area contributed by atoms with Crippen LogP contribution in [0.3, 0.4) is 0 Å². The first-order chi connectivity index (χ1) is 9.54. The molecule has 0 aliphatic heterocycles. The highest BCUT2D eigenvalue weighted by Crippen LogP contribution is 2.20. The lowest BCUT2D eigenvalue weighted by atomic mass is 10.3. The molecule has 0 radical (unpaired) electrons. The highest BCUT2D eigenvalue weighted by Gasteiger charge is 2.17. The van der Waals surface area contributed by atoms with E-state index < -0.39 is 6.04 Å². The van der Waals surface area contributed by atoms with Gasteiger partial charge in [0.2, 0.25) is 0 Å². The van der Waals surface area contributed by atoms with Gasteiger partial charge in [0.1, 0.15) is 17.5 Å². The zero-order valence-electron chi connectivity index (χ0n) is 11.6. The van der Waals surface area contributed by atoms with Crippen LogP contribution in [0.15, 0.2) is 30.5 Å². The molecule has 1 N–H and O–H groups in total. The molecular weight excluding hydrogens is 261 g/mol.